The monoisotopic (exact) mass is 385 g/mol. The predicted molar refractivity (Wildman–Crippen MR) is 109 cm³/mol. The van der Waals surface area contributed by atoms with Gasteiger partial charge in [0, 0.05) is 24.5 Å². The molecule has 0 saturated carbocycles. The number of H-pyrrole nitrogens is 1. The van der Waals surface area contributed by atoms with E-state index >= 15 is 0 Å². The Hall–Kier alpha value is -4.20. The van der Waals surface area contributed by atoms with Crippen molar-refractivity contribution in [2.75, 3.05) is 7.11 Å². The number of aromatic amines is 1. The third-order valence-corrected chi connectivity index (χ3v) is 4.82. The molecule has 0 amide bonds. The lowest BCUT2D eigenvalue weighted by Crippen LogP contribution is -2.21. The number of benzene rings is 1. The molecule has 8 nitrogen and oxygen atoms in total. The molecule has 5 aromatic rings. The van der Waals surface area contributed by atoms with Gasteiger partial charge in [-0.2, -0.15) is 5.10 Å². The molecule has 142 valence electrons. The molecule has 0 aliphatic carbocycles. The Kier molecular flexibility index (Phi) is 3.77. The number of methoxy groups -OCH3 is 1. The molecule has 0 fully saturated rings. The highest BCUT2D eigenvalue weighted by Gasteiger charge is 2.12. The Bertz CT molecular complexity index is 1480. The minimum Gasteiger partial charge on any atom is -0.497 e. The molecule has 1 N–H and O–H groups in total. The molecule has 0 aliphatic heterocycles. The van der Waals surface area contributed by atoms with Crippen molar-refractivity contribution in [2.24, 2.45) is 0 Å². The lowest BCUT2D eigenvalue weighted by Gasteiger charge is -2.10. The van der Waals surface area contributed by atoms with E-state index in [9.17, 15) is 9.59 Å². The van der Waals surface area contributed by atoms with E-state index in [4.69, 9.17) is 4.74 Å². The second kappa shape index (κ2) is 6.45. The molecule has 0 radical (unpaired) electrons. The standard InChI is InChI=1S/C21H15N5O3/c1-29-14-4-2-3-13(11-14)25-9-6-17-15(20(25)27)12-16-18(23-17)7-10-26(21(16)28)19-5-8-22-24-19/h2-12H,1H3,(H,22,24). The smallest absolute Gasteiger partial charge is 0.265 e. The van der Waals surface area contributed by atoms with E-state index in [-0.39, 0.29) is 11.1 Å². The average molecular weight is 385 g/mol. The zero-order chi connectivity index (χ0) is 20.0. The first kappa shape index (κ1) is 16.9. The minimum atomic E-state index is -0.280. The fourth-order valence-electron chi connectivity index (χ4n) is 3.36. The zero-order valence-corrected chi connectivity index (χ0v) is 15.4. The molecule has 0 atom stereocenters. The largest absolute Gasteiger partial charge is 0.497 e. The lowest BCUT2D eigenvalue weighted by atomic mass is 10.2. The molecule has 8 heteroatoms. The second-order valence-corrected chi connectivity index (χ2v) is 6.48. The number of nitrogens with one attached hydrogen (secondary N) is 1. The molecule has 0 unspecified atom stereocenters. The summed E-state index contributed by atoms with van der Waals surface area (Å²) in [4.78, 5) is 30.6. The van der Waals surface area contributed by atoms with E-state index in [1.54, 1.807) is 56.0 Å². The van der Waals surface area contributed by atoms with Crippen LogP contribution in [-0.4, -0.2) is 31.4 Å². The first-order valence-electron chi connectivity index (χ1n) is 8.88. The van der Waals surface area contributed by atoms with Gasteiger partial charge in [-0.15, -0.1) is 0 Å². The van der Waals surface area contributed by atoms with Crippen molar-refractivity contribution in [3.63, 3.8) is 0 Å². The van der Waals surface area contributed by atoms with Gasteiger partial charge in [0.25, 0.3) is 11.1 Å². The maximum atomic E-state index is 13.2. The van der Waals surface area contributed by atoms with E-state index in [2.05, 4.69) is 15.2 Å². The Morgan fingerprint density at radius 2 is 1.62 bits per heavy atom. The van der Waals surface area contributed by atoms with Crippen molar-refractivity contribution >= 4 is 21.8 Å². The van der Waals surface area contributed by atoms with Crippen LogP contribution in [0.25, 0.3) is 33.3 Å². The quantitative estimate of drug-likeness (QED) is 0.481. The molecule has 0 bridgehead atoms. The first-order chi connectivity index (χ1) is 14.2. The van der Waals surface area contributed by atoms with Gasteiger partial charge in [0.05, 0.1) is 40.8 Å². The van der Waals surface area contributed by atoms with Crippen molar-refractivity contribution < 1.29 is 4.74 Å². The zero-order valence-electron chi connectivity index (χ0n) is 15.4. The fourth-order valence-corrected chi connectivity index (χ4v) is 3.36. The van der Waals surface area contributed by atoms with Gasteiger partial charge in [0.2, 0.25) is 0 Å². The van der Waals surface area contributed by atoms with Gasteiger partial charge in [-0.05, 0) is 30.3 Å². The van der Waals surface area contributed by atoms with E-state index in [1.165, 1.54) is 9.13 Å². The first-order valence-corrected chi connectivity index (χ1v) is 8.88. The van der Waals surface area contributed by atoms with Gasteiger partial charge in [0.15, 0.2) is 0 Å². The number of ether oxygens (including phenoxy) is 1. The van der Waals surface area contributed by atoms with Crippen LogP contribution in [-0.2, 0) is 0 Å². The predicted octanol–water partition coefficient (Wildman–Crippen LogP) is 2.42. The Balaban J connectivity index is 1.77. The summed E-state index contributed by atoms with van der Waals surface area (Å²) < 4.78 is 8.19. The molecular weight excluding hydrogens is 370 g/mol. The summed E-state index contributed by atoms with van der Waals surface area (Å²) in [5, 5.41) is 7.36. The molecular formula is C21H15N5O3. The summed E-state index contributed by atoms with van der Waals surface area (Å²) in [6.07, 6.45) is 4.87. The number of rotatable bonds is 3. The van der Waals surface area contributed by atoms with Crippen molar-refractivity contribution in [3.05, 3.63) is 87.8 Å². The summed E-state index contributed by atoms with van der Waals surface area (Å²) in [7, 11) is 1.57. The molecule has 4 aromatic heterocycles. The van der Waals surface area contributed by atoms with E-state index in [1.807, 2.05) is 18.2 Å². The van der Waals surface area contributed by atoms with Crippen molar-refractivity contribution in [1.29, 1.82) is 0 Å². The molecule has 0 spiro atoms. The number of aromatic nitrogens is 5. The SMILES string of the molecule is COc1cccc(-n2ccc3nc4ccn(-c5ccn[nH]5)c(=O)c4cc3c2=O)c1. The van der Waals surface area contributed by atoms with Crippen LogP contribution in [0.4, 0.5) is 0 Å². The van der Waals surface area contributed by atoms with Crippen LogP contribution in [0, 0.1) is 0 Å². The van der Waals surface area contributed by atoms with Gasteiger partial charge in [-0.1, -0.05) is 6.07 Å². The fraction of sp³-hybridized carbons (Fsp3) is 0.0476. The van der Waals surface area contributed by atoms with Crippen LogP contribution in [0.3, 0.4) is 0 Å². The number of hydrogen-bond acceptors (Lipinski definition) is 5. The molecule has 4 heterocycles. The number of pyridine rings is 3. The van der Waals surface area contributed by atoms with E-state index in [0.29, 0.717) is 39.1 Å². The van der Waals surface area contributed by atoms with Gasteiger partial charge in [-0.3, -0.25) is 23.8 Å². The second-order valence-electron chi connectivity index (χ2n) is 6.48. The average Bonchev–Trinajstić information content (AvgIpc) is 3.28. The van der Waals surface area contributed by atoms with Gasteiger partial charge in [-0.25, -0.2) is 4.98 Å². The molecule has 0 aliphatic rings. The topological polar surface area (TPSA) is 94.8 Å². The summed E-state index contributed by atoms with van der Waals surface area (Å²) in [5.74, 6) is 1.19. The number of hydrogen-bond donors (Lipinski definition) is 1. The normalized spacial score (nSPS) is 11.2. The van der Waals surface area contributed by atoms with Gasteiger partial charge in [0.1, 0.15) is 11.6 Å². The minimum absolute atomic E-state index is 0.263. The van der Waals surface area contributed by atoms with Gasteiger partial charge >= 0.3 is 0 Å². The summed E-state index contributed by atoms with van der Waals surface area (Å²) in [6, 6.07) is 14.0. The molecule has 5 rings (SSSR count). The molecule has 29 heavy (non-hydrogen) atoms. The van der Waals surface area contributed by atoms with Crippen molar-refractivity contribution in [2.45, 2.75) is 0 Å². The Labute approximate surface area is 163 Å². The maximum Gasteiger partial charge on any atom is 0.265 e. The maximum absolute atomic E-state index is 13.2. The molecule has 1 aromatic carbocycles. The summed E-state index contributed by atoms with van der Waals surface area (Å²) >= 11 is 0. The van der Waals surface area contributed by atoms with Crippen LogP contribution in [0.2, 0.25) is 0 Å². The Morgan fingerprint density at radius 1 is 0.897 bits per heavy atom. The summed E-state index contributed by atoms with van der Waals surface area (Å²) in [5.41, 5.74) is 1.18. The van der Waals surface area contributed by atoms with Gasteiger partial charge < -0.3 is 4.74 Å². The van der Waals surface area contributed by atoms with E-state index < -0.39 is 0 Å². The highest BCUT2D eigenvalue weighted by molar-refractivity contribution is 5.91. The third-order valence-electron chi connectivity index (χ3n) is 4.82. The number of fused-ring (bicyclic) bond motifs is 2. The summed E-state index contributed by atoms with van der Waals surface area (Å²) in [6.45, 7) is 0. The van der Waals surface area contributed by atoms with Crippen molar-refractivity contribution in [3.8, 4) is 17.3 Å². The lowest BCUT2D eigenvalue weighted by molar-refractivity contribution is 0.414. The van der Waals surface area contributed by atoms with Crippen LogP contribution < -0.4 is 15.9 Å². The highest BCUT2D eigenvalue weighted by Crippen LogP contribution is 2.18. The van der Waals surface area contributed by atoms with Crippen LogP contribution in [0.5, 0.6) is 5.75 Å². The van der Waals surface area contributed by atoms with Crippen LogP contribution in [0.15, 0.2) is 76.7 Å². The van der Waals surface area contributed by atoms with Crippen LogP contribution in [0.1, 0.15) is 0 Å². The molecule has 0 saturated heterocycles. The van der Waals surface area contributed by atoms with E-state index in [0.717, 1.165) is 0 Å². The number of nitrogens with zero attached hydrogens (tertiary/aromatic N) is 4. The van der Waals surface area contributed by atoms with Crippen molar-refractivity contribution in [1.82, 2.24) is 24.3 Å². The third kappa shape index (κ3) is 2.69. The highest BCUT2D eigenvalue weighted by atomic mass is 16.5. The van der Waals surface area contributed by atoms with Crippen LogP contribution >= 0.6 is 0 Å². The Morgan fingerprint density at radius 3 is 2.31 bits per heavy atom.